The summed E-state index contributed by atoms with van der Waals surface area (Å²) in [5.74, 6) is 1.50. The molecule has 0 amide bonds. The summed E-state index contributed by atoms with van der Waals surface area (Å²) < 4.78 is 51.6. The van der Waals surface area contributed by atoms with Crippen LogP contribution >= 0.6 is 11.8 Å². The van der Waals surface area contributed by atoms with Crippen LogP contribution in [0.3, 0.4) is 0 Å². The fourth-order valence-electron chi connectivity index (χ4n) is 3.60. The number of halogens is 3. The molecule has 0 bridgehead atoms. The summed E-state index contributed by atoms with van der Waals surface area (Å²) >= 11 is 1.05. The van der Waals surface area contributed by atoms with Crippen LogP contribution in [0.5, 0.6) is 11.6 Å². The maximum Gasteiger partial charge on any atom is 0.417 e. The van der Waals surface area contributed by atoms with Gasteiger partial charge in [-0.1, -0.05) is 23.9 Å². The lowest BCUT2D eigenvalue weighted by molar-refractivity contribution is -0.137. The molecule has 188 valence electrons. The first-order chi connectivity index (χ1) is 17.3. The molecule has 0 spiro atoms. The van der Waals surface area contributed by atoms with Crippen molar-refractivity contribution in [2.45, 2.75) is 22.6 Å². The Hall–Kier alpha value is -3.49. The molecule has 1 aliphatic rings. The molecule has 4 rings (SSSR count). The Morgan fingerprint density at radius 1 is 1.08 bits per heavy atom. The highest BCUT2D eigenvalue weighted by atomic mass is 32.2. The van der Waals surface area contributed by atoms with Crippen molar-refractivity contribution in [3.05, 3.63) is 65.4 Å². The minimum atomic E-state index is -4.64. The second-order valence-electron chi connectivity index (χ2n) is 8.19. The number of hydrogen-bond acceptors (Lipinski definition) is 8. The number of benzene rings is 2. The van der Waals surface area contributed by atoms with E-state index in [1.54, 1.807) is 19.4 Å². The molecule has 1 saturated heterocycles. The number of hydrogen-bond donors (Lipinski definition) is 0. The third-order valence-corrected chi connectivity index (χ3v) is 6.66. The monoisotopic (exact) mass is 515 g/mol. The molecule has 0 atom stereocenters. The van der Waals surface area contributed by atoms with Crippen molar-refractivity contribution in [1.82, 2.24) is 14.9 Å². The Kier molecular flexibility index (Phi) is 7.86. The second-order valence-corrected chi connectivity index (χ2v) is 9.30. The van der Waals surface area contributed by atoms with Gasteiger partial charge >= 0.3 is 6.18 Å². The third-order valence-electron chi connectivity index (χ3n) is 5.68. The normalized spacial score (nSPS) is 14.4. The van der Waals surface area contributed by atoms with Crippen molar-refractivity contribution < 1.29 is 22.6 Å². The number of nitriles is 1. The number of ether oxygens (including phenoxy) is 2. The Morgan fingerprint density at radius 3 is 2.44 bits per heavy atom. The molecule has 36 heavy (non-hydrogen) atoms. The van der Waals surface area contributed by atoms with Gasteiger partial charge in [-0.3, -0.25) is 0 Å². The number of aromatic nitrogens is 2. The van der Waals surface area contributed by atoms with E-state index < -0.39 is 17.3 Å². The number of methoxy groups -OCH3 is 1. The molecule has 2 aromatic carbocycles. The average molecular weight is 516 g/mol. The highest BCUT2D eigenvalue weighted by molar-refractivity contribution is 7.99. The molecule has 7 nitrogen and oxygen atoms in total. The number of rotatable bonds is 7. The van der Waals surface area contributed by atoms with Gasteiger partial charge in [0.05, 0.1) is 35.4 Å². The Balaban J connectivity index is 1.62. The zero-order valence-corrected chi connectivity index (χ0v) is 20.6. The molecule has 11 heteroatoms. The Labute approximate surface area is 211 Å². The minimum absolute atomic E-state index is 0.206. The fourth-order valence-corrected chi connectivity index (χ4v) is 4.46. The van der Waals surface area contributed by atoms with Gasteiger partial charge < -0.3 is 19.3 Å². The molecule has 1 aromatic heterocycles. The molecule has 1 fully saturated rings. The molecule has 0 saturated carbocycles. The van der Waals surface area contributed by atoms with Crippen LogP contribution in [0, 0.1) is 11.3 Å². The van der Waals surface area contributed by atoms with Crippen molar-refractivity contribution in [3.63, 3.8) is 0 Å². The largest absolute Gasteiger partial charge is 0.497 e. The van der Waals surface area contributed by atoms with Crippen LogP contribution in [0.4, 0.5) is 19.1 Å². The van der Waals surface area contributed by atoms with E-state index in [0.717, 1.165) is 55.3 Å². The fraction of sp³-hybridized carbons (Fsp3) is 0.320. The van der Waals surface area contributed by atoms with E-state index >= 15 is 0 Å². The SMILES string of the molecule is COc1ccc(COc2nc(N3CCN(C)CC3)ncc2Sc2ccc(C#N)c(C(F)(F)F)c2)cc1. The van der Waals surface area contributed by atoms with Gasteiger partial charge in [-0.25, -0.2) is 4.98 Å². The molecule has 1 aliphatic heterocycles. The summed E-state index contributed by atoms with van der Waals surface area (Å²) in [5.41, 5.74) is -0.528. The van der Waals surface area contributed by atoms with Crippen LogP contribution in [-0.4, -0.2) is 55.2 Å². The number of nitrogens with zero attached hydrogens (tertiary/aromatic N) is 5. The lowest BCUT2D eigenvalue weighted by Crippen LogP contribution is -2.45. The van der Waals surface area contributed by atoms with Crippen LogP contribution < -0.4 is 14.4 Å². The summed E-state index contributed by atoms with van der Waals surface area (Å²) in [5, 5.41) is 9.08. The van der Waals surface area contributed by atoms with E-state index in [-0.39, 0.29) is 12.5 Å². The van der Waals surface area contributed by atoms with E-state index in [0.29, 0.717) is 15.7 Å². The number of anilines is 1. The highest BCUT2D eigenvalue weighted by Crippen LogP contribution is 2.39. The topological polar surface area (TPSA) is 74.5 Å². The zero-order valence-electron chi connectivity index (χ0n) is 19.7. The lowest BCUT2D eigenvalue weighted by Gasteiger charge is -2.32. The summed E-state index contributed by atoms with van der Waals surface area (Å²) in [6.45, 7) is 3.45. The molecular formula is C25H24F3N5O2S. The predicted molar refractivity (Wildman–Crippen MR) is 129 cm³/mol. The standard InChI is InChI=1S/C25H24F3N5O2S/c1-32-9-11-33(12-10-32)24-30-15-22(23(31-24)35-16-17-3-6-19(34-2)7-4-17)36-20-8-5-18(14-29)21(13-20)25(26,27)28/h3-8,13,15H,9-12,16H2,1-2H3. The van der Waals surface area contributed by atoms with Crippen LogP contribution in [0.1, 0.15) is 16.7 Å². The smallest absolute Gasteiger partial charge is 0.417 e. The van der Waals surface area contributed by atoms with Gasteiger partial charge in [0.25, 0.3) is 0 Å². The zero-order chi connectivity index (χ0) is 25.7. The average Bonchev–Trinajstić information content (AvgIpc) is 2.88. The van der Waals surface area contributed by atoms with E-state index in [2.05, 4.69) is 19.8 Å². The first kappa shape index (κ1) is 25.6. The van der Waals surface area contributed by atoms with Crippen molar-refractivity contribution in [2.75, 3.05) is 45.2 Å². The van der Waals surface area contributed by atoms with Gasteiger partial charge in [-0.15, -0.1) is 0 Å². The van der Waals surface area contributed by atoms with Crippen molar-refractivity contribution in [1.29, 1.82) is 5.26 Å². The third kappa shape index (κ3) is 6.19. The van der Waals surface area contributed by atoms with Gasteiger partial charge in [-0.05, 0) is 42.9 Å². The van der Waals surface area contributed by atoms with Crippen LogP contribution in [0.25, 0.3) is 0 Å². The van der Waals surface area contributed by atoms with E-state index in [9.17, 15) is 13.2 Å². The van der Waals surface area contributed by atoms with E-state index in [1.807, 2.05) is 31.3 Å². The number of piperazine rings is 1. The molecule has 0 unspecified atom stereocenters. The summed E-state index contributed by atoms with van der Waals surface area (Å²) in [7, 11) is 3.64. The Bertz CT molecular complexity index is 1240. The minimum Gasteiger partial charge on any atom is -0.497 e. The van der Waals surface area contributed by atoms with Gasteiger partial charge in [0.2, 0.25) is 11.8 Å². The van der Waals surface area contributed by atoms with E-state index in [1.165, 1.54) is 12.1 Å². The number of likely N-dealkylation sites (N-methyl/N-ethyl adjacent to an activating group) is 1. The lowest BCUT2D eigenvalue weighted by atomic mass is 10.1. The maximum atomic E-state index is 13.5. The quantitative estimate of drug-likeness (QED) is 0.442. The summed E-state index contributed by atoms with van der Waals surface area (Å²) in [6.07, 6.45) is -3.07. The van der Waals surface area contributed by atoms with Crippen LogP contribution in [0.2, 0.25) is 0 Å². The summed E-state index contributed by atoms with van der Waals surface area (Å²) in [4.78, 5) is 14.1. The molecule has 2 heterocycles. The molecule has 3 aromatic rings. The van der Waals surface area contributed by atoms with Gasteiger partial charge in [0, 0.05) is 31.1 Å². The highest BCUT2D eigenvalue weighted by Gasteiger charge is 2.34. The first-order valence-electron chi connectivity index (χ1n) is 11.1. The van der Waals surface area contributed by atoms with Crippen molar-refractivity contribution in [2.24, 2.45) is 0 Å². The second kappa shape index (κ2) is 11.1. The number of alkyl halides is 3. The van der Waals surface area contributed by atoms with Crippen molar-refractivity contribution >= 4 is 17.7 Å². The molecular weight excluding hydrogens is 491 g/mol. The van der Waals surface area contributed by atoms with Crippen LogP contribution in [-0.2, 0) is 12.8 Å². The van der Waals surface area contributed by atoms with Gasteiger partial charge in [-0.2, -0.15) is 23.4 Å². The van der Waals surface area contributed by atoms with E-state index in [4.69, 9.17) is 14.7 Å². The van der Waals surface area contributed by atoms with Crippen molar-refractivity contribution in [3.8, 4) is 17.7 Å². The molecule has 0 N–H and O–H groups in total. The maximum absolute atomic E-state index is 13.5. The molecule has 0 radical (unpaired) electrons. The predicted octanol–water partition coefficient (Wildman–Crippen LogP) is 4.86. The molecule has 0 aliphatic carbocycles. The summed E-state index contributed by atoms with van der Waals surface area (Å²) in [6, 6.07) is 12.6. The van der Waals surface area contributed by atoms with Crippen LogP contribution in [0.15, 0.2) is 58.5 Å². The Morgan fingerprint density at radius 2 is 1.81 bits per heavy atom. The van der Waals surface area contributed by atoms with Gasteiger partial charge in [0.15, 0.2) is 0 Å². The first-order valence-corrected chi connectivity index (χ1v) is 11.9. The van der Waals surface area contributed by atoms with Gasteiger partial charge in [0.1, 0.15) is 12.4 Å².